The minimum absolute atomic E-state index is 0.101. The van der Waals surface area contributed by atoms with Crippen LogP contribution in [0.1, 0.15) is 18.9 Å². The number of benzene rings is 1. The number of carbonyl (C=O) groups is 1. The lowest BCUT2D eigenvalue weighted by Gasteiger charge is -2.10. The third-order valence-electron chi connectivity index (χ3n) is 2.35. The van der Waals surface area contributed by atoms with Crippen LogP contribution in [-0.4, -0.2) is 5.91 Å². The van der Waals surface area contributed by atoms with E-state index in [0.29, 0.717) is 12.0 Å². The van der Waals surface area contributed by atoms with Gasteiger partial charge >= 0.3 is 6.18 Å². The summed E-state index contributed by atoms with van der Waals surface area (Å²) in [6.45, 7) is 5.34. The van der Waals surface area contributed by atoms with Gasteiger partial charge in [0.1, 0.15) is 0 Å². The molecule has 102 valence electrons. The Balaban J connectivity index is 2.92. The second kappa shape index (κ2) is 6.22. The molecule has 1 aromatic rings. The molecule has 0 unspecified atom stereocenters. The topological polar surface area (TPSA) is 29.1 Å². The molecule has 1 rings (SSSR count). The molecule has 0 saturated heterocycles. The van der Waals surface area contributed by atoms with E-state index in [9.17, 15) is 18.0 Å². The number of anilines is 1. The molecule has 0 heterocycles. The van der Waals surface area contributed by atoms with E-state index in [-0.39, 0.29) is 5.69 Å². The number of allylic oxidation sites excluding steroid dienone is 1. The highest BCUT2D eigenvalue weighted by Gasteiger charge is 2.30. The average Bonchev–Trinajstić information content (AvgIpc) is 2.35. The monoisotopic (exact) mass is 269 g/mol. The fraction of sp³-hybridized carbons (Fsp3) is 0.214. The quantitative estimate of drug-likeness (QED) is 0.645. The van der Waals surface area contributed by atoms with E-state index < -0.39 is 17.6 Å². The zero-order valence-corrected chi connectivity index (χ0v) is 10.4. The summed E-state index contributed by atoms with van der Waals surface area (Å²) in [4.78, 5) is 11.8. The maximum Gasteiger partial charge on any atom is 0.416 e. The minimum atomic E-state index is -4.43. The average molecular weight is 269 g/mol. The molecule has 0 aliphatic carbocycles. The normalized spacial score (nSPS) is 12.1. The summed E-state index contributed by atoms with van der Waals surface area (Å²) in [5, 5.41) is 2.41. The molecule has 0 aromatic heterocycles. The van der Waals surface area contributed by atoms with Crippen molar-refractivity contribution in [2.75, 3.05) is 5.32 Å². The Labute approximate surface area is 109 Å². The van der Waals surface area contributed by atoms with E-state index >= 15 is 0 Å². The molecule has 1 aromatic carbocycles. The van der Waals surface area contributed by atoms with Gasteiger partial charge < -0.3 is 5.32 Å². The first kappa shape index (κ1) is 15.0. The molecule has 1 N–H and O–H groups in total. The van der Waals surface area contributed by atoms with Gasteiger partial charge in [0.2, 0.25) is 0 Å². The van der Waals surface area contributed by atoms with Crippen molar-refractivity contribution >= 4 is 11.6 Å². The Morgan fingerprint density at radius 1 is 1.42 bits per heavy atom. The van der Waals surface area contributed by atoms with Gasteiger partial charge in [-0.1, -0.05) is 31.7 Å². The van der Waals surface area contributed by atoms with Gasteiger partial charge in [0, 0.05) is 11.3 Å². The van der Waals surface area contributed by atoms with Crippen molar-refractivity contribution in [2.24, 2.45) is 0 Å². The second-order valence-corrected chi connectivity index (χ2v) is 3.80. The number of nitrogens with one attached hydrogen (secondary N) is 1. The Morgan fingerprint density at radius 3 is 2.63 bits per heavy atom. The lowest BCUT2D eigenvalue weighted by molar-refractivity contribution is -0.137. The van der Waals surface area contributed by atoms with Gasteiger partial charge in [-0.25, -0.2) is 0 Å². The fourth-order valence-electron chi connectivity index (χ4n) is 1.47. The van der Waals surface area contributed by atoms with E-state index in [2.05, 4.69) is 11.9 Å². The Bertz CT molecular complexity index is 504. The van der Waals surface area contributed by atoms with Crippen LogP contribution in [0, 0.1) is 0 Å². The zero-order valence-electron chi connectivity index (χ0n) is 10.4. The van der Waals surface area contributed by atoms with Crippen LogP contribution in [0.3, 0.4) is 0 Å². The number of carbonyl (C=O) groups excluding carboxylic acids is 1. The van der Waals surface area contributed by atoms with Crippen molar-refractivity contribution in [1.82, 2.24) is 0 Å². The van der Waals surface area contributed by atoms with Gasteiger partial charge in [-0.3, -0.25) is 4.79 Å². The molecule has 2 nitrogen and oxygen atoms in total. The van der Waals surface area contributed by atoms with Crippen LogP contribution in [0.25, 0.3) is 0 Å². The summed E-state index contributed by atoms with van der Waals surface area (Å²) in [5.41, 5.74) is -0.367. The summed E-state index contributed by atoms with van der Waals surface area (Å²) in [5.74, 6) is -0.476. The van der Waals surface area contributed by atoms with Crippen molar-refractivity contribution in [3.05, 3.63) is 54.1 Å². The Kier molecular flexibility index (Phi) is 4.92. The summed E-state index contributed by atoms with van der Waals surface area (Å²) in [6, 6.07) is 4.49. The number of rotatable bonds is 4. The highest BCUT2D eigenvalue weighted by Crippen LogP contribution is 2.30. The lowest BCUT2D eigenvalue weighted by atomic mass is 10.1. The number of amides is 1. The third-order valence-corrected chi connectivity index (χ3v) is 2.35. The van der Waals surface area contributed by atoms with Crippen molar-refractivity contribution < 1.29 is 18.0 Å². The first-order chi connectivity index (χ1) is 8.88. The summed E-state index contributed by atoms with van der Waals surface area (Å²) < 4.78 is 37.5. The molecule has 0 aliphatic rings. The molecule has 0 bridgehead atoms. The molecule has 0 radical (unpaired) electrons. The largest absolute Gasteiger partial charge is 0.416 e. The zero-order chi connectivity index (χ0) is 14.5. The number of hydrogen-bond acceptors (Lipinski definition) is 1. The second-order valence-electron chi connectivity index (χ2n) is 3.80. The van der Waals surface area contributed by atoms with Gasteiger partial charge in [-0.2, -0.15) is 13.2 Å². The van der Waals surface area contributed by atoms with Crippen LogP contribution in [-0.2, 0) is 11.0 Å². The van der Waals surface area contributed by atoms with Crippen LogP contribution in [0.5, 0.6) is 0 Å². The minimum Gasteiger partial charge on any atom is -0.322 e. The lowest BCUT2D eigenvalue weighted by Crippen LogP contribution is -2.14. The summed E-state index contributed by atoms with van der Waals surface area (Å²) in [6.07, 6.45) is -0.777. The van der Waals surface area contributed by atoms with Crippen molar-refractivity contribution in [3.63, 3.8) is 0 Å². The van der Waals surface area contributed by atoms with Crippen LogP contribution >= 0.6 is 0 Å². The van der Waals surface area contributed by atoms with E-state index in [4.69, 9.17) is 0 Å². The molecule has 0 saturated carbocycles. The summed E-state index contributed by atoms with van der Waals surface area (Å²) in [7, 11) is 0. The molecule has 0 aliphatic heterocycles. The molecular weight excluding hydrogens is 255 g/mol. The van der Waals surface area contributed by atoms with E-state index in [1.807, 2.05) is 6.92 Å². The maximum absolute atomic E-state index is 12.5. The van der Waals surface area contributed by atoms with Gasteiger partial charge in [0.15, 0.2) is 0 Å². The first-order valence-electron chi connectivity index (χ1n) is 5.69. The SMILES string of the molecule is C=C/C(=C\CC)C(=O)Nc1cccc(C(F)(F)F)c1. The number of alkyl halides is 3. The van der Waals surface area contributed by atoms with Crippen molar-refractivity contribution in [2.45, 2.75) is 19.5 Å². The predicted molar refractivity (Wildman–Crippen MR) is 68.6 cm³/mol. The highest BCUT2D eigenvalue weighted by molar-refractivity contribution is 6.05. The highest BCUT2D eigenvalue weighted by atomic mass is 19.4. The van der Waals surface area contributed by atoms with Crippen molar-refractivity contribution in [1.29, 1.82) is 0 Å². The molecule has 1 amide bonds. The van der Waals surface area contributed by atoms with Gasteiger partial charge in [-0.05, 0) is 24.6 Å². The maximum atomic E-state index is 12.5. The number of hydrogen-bond donors (Lipinski definition) is 1. The van der Waals surface area contributed by atoms with Gasteiger partial charge in [0.05, 0.1) is 5.56 Å². The Hall–Kier alpha value is -2.04. The predicted octanol–water partition coefficient (Wildman–Crippen LogP) is 4.17. The van der Waals surface area contributed by atoms with Crippen LogP contribution < -0.4 is 5.32 Å². The van der Waals surface area contributed by atoms with Gasteiger partial charge in [-0.15, -0.1) is 0 Å². The van der Waals surface area contributed by atoms with E-state index in [1.54, 1.807) is 6.08 Å². The molecular formula is C14H14F3NO. The molecule has 5 heteroatoms. The van der Waals surface area contributed by atoms with E-state index in [0.717, 1.165) is 12.1 Å². The molecule has 0 spiro atoms. The summed E-state index contributed by atoms with van der Waals surface area (Å²) >= 11 is 0. The van der Waals surface area contributed by atoms with Gasteiger partial charge in [0.25, 0.3) is 5.91 Å². The van der Waals surface area contributed by atoms with Crippen molar-refractivity contribution in [3.8, 4) is 0 Å². The Morgan fingerprint density at radius 2 is 2.11 bits per heavy atom. The standard InChI is InChI=1S/C14H14F3NO/c1-3-6-10(4-2)13(19)18-12-8-5-7-11(9-12)14(15,16)17/h4-9H,2-3H2,1H3,(H,18,19)/b10-6+. The van der Waals surface area contributed by atoms with Crippen LogP contribution in [0.15, 0.2) is 48.6 Å². The molecule has 0 atom stereocenters. The van der Waals surface area contributed by atoms with Crippen LogP contribution in [0.4, 0.5) is 18.9 Å². The smallest absolute Gasteiger partial charge is 0.322 e. The molecule has 0 fully saturated rings. The number of halogens is 3. The van der Waals surface area contributed by atoms with E-state index in [1.165, 1.54) is 18.2 Å². The first-order valence-corrected chi connectivity index (χ1v) is 5.69. The fourth-order valence-corrected chi connectivity index (χ4v) is 1.47. The molecule has 19 heavy (non-hydrogen) atoms. The van der Waals surface area contributed by atoms with Crippen LogP contribution in [0.2, 0.25) is 0 Å². The third kappa shape index (κ3) is 4.28.